The van der Waals surface area contributed by atoms with E-state index < -0.39 is 11.9 Å². The van der Waals surface area contributed by atoms with Gasteiger partial charge in [-0.1, -0.05) is 0 Å². The number of aromatic carboxylic acids is 1. The summed E-state index contributed by atoms with van der Waals surface area (Å²) >= 11 is 0. The zero-order chi connectivity index (χ0) is 17.0. The number of carbonyl (C=O) groups is 2. The zero-order valence-electron chi connectivity index (χ0n) is 12.8. The number of rotatable bonds is 5. The van der Waals surface area contributed by atoms with E-state index in [9.17, 15) is 14.7 Å². The Morgan fingerprint density at radius 1 is 1.00 bits per heavy atom. The third-order valence-electron chi connectivity index (χ3n) is 3.16. The topological polar surface area (TPSA) is 95.0 Å². The van der Waals surface area contributed by atoms with Crippen molar-refractivity contribution in [2.45, 2.75) is 0 Å². The maximum atomic E-state index is 11.7. The van der Waals surface area contributed by atoms with Crippen molar-refractivity contribution >= 4 is 11.9 Å². The van der Waals surface area contributed by atoms with Crippen LogP contribution in [0.25, 0.3) is 11.1 Å². The largest absolute Gasteiger partial charge is 0.497 e. The lowest BCUT2D eigenvalue weighted by atomic mass is 10.0. The molecule has 0 fully saturated rings. The van der Waals surface area contributed by atoms with E-state index in [0.29, 0.717) is 22.6 Å². The summed E-state index contributed by atoms with van der Waals surface area (Å²) < 4.78 is 15.0. The molecule has 23 heavy (non-hydrogen) atoms. The fourth-order valence-electron chi connectivity index (χ4n) is 2.04. The van der Waals surface area contributed by atoms with Crippen LogP contribution in [0.2, 0.25) is 0 Å². The lowest BCUT2D eigenvalue weighted by molar-refractivity contribution is 0.0593. The third-order valence-corrected chi connectivity index (χ3v) is 3.16. The van der Waals surface area contributed by atoms with Crippen LogP contribution in [-0.4, -0.2) is 43.4 Å². The van der Waals surface area contributed by atoms with Crippen molar-refractivity contribution in [3.63, 3.8) is 0 Å². The van der Waals surface area contributed by atoms with Crippen LogP contribution in [0.1, 0.15) is 21.0 Å². The van der Waals surface area contributed by atoms with Gasteiger partial charge in [0.15, 0.2) is 0 Å². The molecular weight excluding hydrogens is 302 g/mol. The third kappa shape index (κ3) is 3.39. The molecule has 7 nitrogen and oxygen atoms in total. The van der Waals surface area contributed by atoms with Gasteiger partial charge in [0, 0.05) is 11.6 Å². The Hall–Kier alpha value is -3.09. The smallest absolute Gasteiger partial charge is 0.356 e. The van der Waals surface area contributed by atoms with Crippen molar-refractivity contribution in [3.05, 3.63) is 41.7 Å². The molecule has 0 aliphatic rings. The number of benzene rings is 1. The summed E-state index contributed by atoms with van der Waals surface area (Å²) in [4.78, 5) is 26.7. The number of carboxylic acid groups (broad SMARTS) is 1. The Labute approximate surface area is 132 Å². The maximum absolute atomic E-state index is 11.7. The predicted molar refractivity (Wildman–Crippen MR) is 81.1 cm³/mol. The van der Waals surface area contributed by atoms with E-state index in [1.807, 2.05) is 0 Å². The summed E-state index contributed by atoms with van der Waals surface area (Å²) in [5, 5.41) is 9.18. The summed E-state index contributed by atoms with van der Waals surface area (Å²) in [6.45, 7) is 0. The van der Waals surface area contributed by atoms with Crippen LogP contribution in [-0.2, 0) is 4.74 Å². The highest BCUT2D eigenvalue weighted by Gasteiger charge is 2.17. The molecule has 120 valence electrons. The van der Waals surface area contributed by atoms with Gasteiger partial charge < -0.3 is 19.3 Å². The monoisotopic (exact) mass is 317 g/mol. The van der Waals surface area contributed by atoms with E-state index in [0.717, 1.165) is 0 Å². The minimum atomic E-state index is -1.25. The Morgan fingerprint density at radius 3 is 2.26 bits per heavy atom. The van der Waals surface area contributed by atoms with Crippen LogP contribution in [0.3, 0.4) is 0 Å². The van der Waals surface area contributed by atoms with E-state index >= 15 is 0 Å². The van der Waals surface area contributed by atoms with Crippen LogP contribution in [0, 0.1) is 0 Å². The first kappa shape index (κ1) is 16.3. The zero-order valence-corrected chi connectivity index (χ0v) is 12.8. The van der Waals surface area contributed by atoms with Crippen molar-refractivity contribution in [2.24, 2.45) is 0 Å². The molecule has 0 aliphatic carbocycles. The standard InChI is InChI=1S/C16H15NO6/c1-21-10-4-5-11(14(8-10)22-2)9-6-12(15(18)19)17-13(7-9)16(20)23-3/h4-8H,1-3H3,(H,18,19). The van der Waals surface area contributed by atoms with Gasteiger partial charge in [-0.25, -0.2) is 14.6 Å². The fraction of sp³-hybridized carbons (Fsp3) is 0.188. The SMILES string of the molecule is COC(=O)c1cc(-c2ccc(OC)cc2OC)cc(C(=O)O)n1. The fourth-order valence-corrected chi connectivity index (χ4v) is 2.04. The average Bonchev–Trinajstić information content (AvgIpc) is 2.59. The highest BCUT2D eigenvalue weighted by molar-refractivity contribution is 5.93. The van der Waals surface area contributed by atoms with E-state index in [2.05, 4.69) is 9.72 Å². The highest BCUT2D eigenvalue weighted by Crippen LogP contribution is 2.33. The molecule has 0 spiro atoms. The van der Waals surface area contributed by atoms with Gasteiger partial charge in [0.1, 0.15) is 22.9 Å². The first-order chi connectivity index (χ1) is 11.0. The number of hydrogen-bond donors (Lipinski definition) is 1. The van der Waals surface area contributed by atoms with E-state index in [-0.39, 0.29) is 11.4 Å². The molecule has 1 N–H and O–H groups in total. The van der Waals surface area contributed by atoms with Crippen LogP contribution < -0.4 is 9.47 Å². The Morgan fingerprint density at radius 2 is 1.70 bits per heavy atom. The number of hydrogen-bond acceptors (Lipinski definition) is 6. The Kier molecular flexibility index (Phi) is 4.80. The minimum absolute atomic E-state index is 0.0970. The van der Waals surface area contributed by atoms with Gasteiger partial charge in [0.25, 0.3) is 0 Å². The second-order valence-corrected chi connectivity index (χ2v) is 4.49. The molecule has 0 atom stereocenters. The minimum Gasteiger partial charge on any atom is -0.497 e. The number of methoxy groups -OCH3 is 3. The van der Waals surface area contributed by atoms with Crippen molar-refractivity contribution in [3.8, 4) is 22.6 Å². The molecule has 0 radical (unpaired) electrons. The van der Waals surface area contributed by atoms with Crippen LogP contribution in [0.5, 0.6) is 11.5 Å². The van der Waals surface area contributed by atoms with Gasteiger partial charge in [-0.15, -0.1) is 0 Å². The summed E-state index contributed by atoms with van der Waals surface area (Å²) in [5.41, 5.74) is 0.710. The lowest BCUT2D eigenvalue weighted by Crippen LogP contribution is -2.09. The van der Waals surface area contributed by atoms with Crippen molar-refractivity contribution in [1.29, 1.82) is 0 Å². The number of esters is 1. The quantitative estimate of drug-likeness (QED) is 0.845. The average molecular weight is 317 g/mol. The first-order valence-corrected chi connectivity index (χ1v) is 6.56. The Balaban J connectivity index is 2.64. The second kappa shape index (κ2) is 6.78. The molecule has 0 unspecified atom stereocenters. The number of ether oxygens (including phenoxy) is 3. The van der Waals surface area contributed by atoms with Gasteiger partial charge >= 0.3 is 11.9 Å². The molecule has 0 aliphatic heterocycles. The van der Waals surface area contributed by atoms with Gasteiger partial charge in [0.05, 0.1) is 21.3 Å². The van der Waals surface area contributed by atoms with Gasteiger partial charge in [-0.3, -0.25) is 0 Å². The molecule has 1 aromatic heterocycles. The van der Waals surface area contributed by atoms with Gasteiger partial charge in [-0.05, 0) is 29.8 Å². The van der Waals surface area contributed by atoms with E-state index in [4.69, 9.17) is 9.47 Å². The second-order valence-electron chi connectivity index (χ2n) is 4.49. The molecule has 1 heterocycles. The number of nitrogens with zero attached hydrogens (tertiary/aromatic N) is 1. The number of carbonyl (C=O) groups excluding carboxylic acids is 1. The van der Waals surface area contributed by atoms with Gasteiger partial charge in [-0.2, -0.15) is 0 Å². The number of aromatic nitrogens is 1. The summed E-state index contributed by atoms with van der Waals surface area (Å²) in [6, 6.07) is 7.88. The lowest BCUT2D eigenvalue weighted by Gasteiger charge is -2.12. The molecule has 2 rings (SSSR count). The van der Waals surface area contributed by atoms with Crippen LogP contribution in [0.15, 0.2) is 30.3 Å². The number of carboxylic acids is 1. The summed E-state index contributed by atoms with van der Waals surface area (Å²) in [5.74, 6) is -0.902. The molecule has 7 heteroatoms. The first-order valence-electron chi connectivity index (χ1n) is 6.56. The maximum Gasteiger partial charge on any atom is 0.356 e. The van der Waals surface area contributed by atoms with Crippen molar-refractivity contribution in [1.82, 2.24) is 4.98 Å². The summed E-state index contributed by atoms with van der Waals surface area (Å²) in [6.07, 6.45) is 0. The molecule has 2 aromatic rings. The van der Waals surface area contributed by atoms with Crippen LogP contribution in [0.4, 0.5) is 0 Å². The van der Waals surface area contributed by atoms with Crippen LogP contribution >= 0.6 is 0 Å². The predicted octanol–water partition coefficient (Wildman–Crippen LogP) is 2.25. The summed E-state index contributed by atoms with van der Waals surface area (Å²) in [7, 11) is 4.21. The molecule has 0 bridgehead atoms. The number of pyridine rings is 1. The normalized spacial score (nSPS) is 10.0. The Bertz CT molecular complexity index is 756. The van der Waals surface area contributed by atoms with Crippen molar-refractivity contribution in [2.75, 3.05) is 21.3 Å². The van der Waals surface area contributed by atoms with E-state index in [1.54, 1.807) is 18.2 Å². The molecule has 1 aromatic carbocycles. The van der Waals surface area contributed by atoms with E-state index in [1.165, 1.54) is 33.5 Å². The molecule has 0 saturated carbocycles. The molecular formula is C16H15NO6. The van der Waals surface area contributed by atoms with Gasteiger partial charge in [0.2, 0.25) is 0 Å². The molecule has 0 saturated heterocycles. The van der Waals surface area contributed by atoms with Crippen molar-refractivity contribution < 1.29 is 28.9 Å². The highest BCUT2D eigenvalue weighted by atomic mass is 16.5. The molecule has 0 amide bonds.